The van der Waals surface area contributed by atoms with E-state index in [1.807, 2.05) is 25.1 Å². The molecule has 1 aromatic rings. The summed E-state index contributed by atoms with van der Waals surface area (Å²) in [7, 11) is 3.78. The molecule has 0 saturated heterocycles. The zero-order valence-electron chi connectivity index (χ0n) is 8.23. The van der Waals surface area contributed by atoms with Gasteiger partial charge in [0.15, 0.2) is 0 Å². The maximum atomic E-state index is 9.16. The average Bonchev–Trinajstić information content (AvgIpc) is 2.03. The molecule has 0 aliphatic rings. The normalized spacial score (nSPS) is 12.6. The van der Waals surface area contributed by atoms with Crippen LogP contribution in [0.25, 0.3) is 0 Å². The topological polar surface area (TPSA) is 49.3 Å². The lowest BCUT2D eigenvalue weighted by Gasteiger charge is -2.11. The van der Waals surface area contributed by atoms with Gasteiger partial charge in [0, 0.05) is 32.4 Å². The smallest absolute Gasteiger partial charge is 0.224 e. The molecule has 1 aromatic heterocycles. The van der Waals surface area contributed by atoms with E-state index in [2.05, 4.69) is 9.97 Å². The SMILES string of the molecule is CC(O)Cc1ccnc(N(C)C)n1. The van der Waals surface area contributed by atoms with Crippen LogP contribution in [-0.4, -0.2) is 35.3 Å². The van der Waals surface area contributed by atoms with Gasteiger partial charge in [-0.1, -0.05) is 0 Å². The highest BCUT2D eigenvalue weighted by atomic mass is 16.3. The molecule has 0 spiro atoms. The lowest BCUT2D eigenvalue weighted by Crippen LogP contribution is -2.14. The molecule has 4 nitrogen and oxygen atoms in total. The van der Waals surface area contributed by atoms with Crippen molar-refractivity contribution >= 4 is 5.95 Å². The Morgan fingerprint density at radius 2 is 2.23 bits per heavy atom. The molecule has 0 aliphatic carbocycles. The van der Waals surface area contributed by atoms with Gasteiger partial charge in [-0.15, -0.1) is 0 Å². The number of aliphatic hydroxyl groups excluding tert-OH is 1. The van der Waals surface area contributed by atoms with Crippen molar-refractivity contribution in [2.45, 2.75) is 19.4 Å². The fraction of sp³-hybridized carbons (Fsp3) is 0.556. The molecule has 1 N–H and O–H groups in total. The fourth-order valence-corrected chi connectivity index (χ4v) is 1.02. The van der Waals surface area contributed by atoms with Crippen LogP contribution in [0.2, 0.25) is 0 Å². The molecular formula is C9H15N3O. The second kappa shape index (κ2) is 4.18. The summed E-state index contributed by atoms with van der Waals surface area (Å²) in [5.41, 5.74) is 0.869. The van der Waals surface area contributed by atoms with Crippen LogP contribution in [0.5, 0.6) is 0 Å². The van der Waals surface area contributed by atoms with E-state index in [-0.39, 0.29) is 6.10 Å². The first-order chi connectivity index (χ1) is 6.09. The maximum absolute atomic E-state index is 9.16. The van der Waals surface area contributed by atoms with Gasteiger partial charge in [0.05, 0.1) is 6.10 Å². The first kappa shape index (κ1) is 9.92. The van der Waals surface area contributed by atoms with Crippen LogP contribution >= 0.6 is 0 Å². The molecule has 1 atom stereocenters. The van der Waals surface area contributed by atoms with Crippen LogP contribution in [0.15, 0.2) is 12.3 Å². The third-order valence-corrected chi connectivity index (χ3v) is 1.61. The lowest BCUT2D eigenvalue weighted by molar-refractivity contribution is 0.194. The summed E-state index contributed by atoms with van der Waals surface area (Å²) >= 11 is 0. The van der Waals surface area contributed by atoms with E-state index in [9.17, 15) is 0 Å². The van der Waals surface area contributed by atoms with Crippen LogP contribution in [0.1, 0.15) is 12.6 Å². The molecule has 0 aliphatic heterocycles. The van der Waals surface area contributed by atoms with Crippen molar-refractivity contribution in [3.05, 3.63) is 18.0 Å². The number of aliphatic hydroxyl groups is 1. The largest absolute Gasteiger partial charge is 0.393 e. The fourth-order valence-electron chi connectivity index (χ4n) is 1.02. The third-order valence-electron chi connectivity index (χ3n) is 1.61. The van der Waals surface area contributed by atoms with Crippen molar-refractivity contribution in [2.24, 2.45) is 0 Å². The van der Waals surface area contributed by atoms with E-state index < -0.39 is 0 Å². The summed E-state index contributed by atoms with van der Waals surface area (Å²) in [6.45, 7) is 1.75. The molecule has 13 heavy (non-hydrogen) atoms. The highest BCUT2D eigenvalue weighted by Crippen LogP contribution is 2.05. The van der Waals surface area contributed by atoms with E-state index in [4.69, 9.17) is 5.11 Å². The monoisotopic (exact) mass is 181 g/mol. The molecule has 0 radical (unpaired) electrons. The second-order valence-corrected chi connectivity index (χ2v) is 3.30. The molecule has 4 heteroatoms. The van der Waals surface area contributed by atoms with Crippen LogP contribution in [0.3, 0.4) is 0 Å². The Balaban J connectivity index is 2.79. The highest BCUT2D eigenvalue weighted by Gasteiger charge is 2.03. The number of aromatic nitrogens is 2. The summed E-state index contributed by atoms with van der Waals surface area (Å²) < 4.78 is 0. The van der Waals surface area contributed by atoms with Gasteiger partial charge < -0.3 is 10.0 Å². The van der Waals surface area contributed by atoms with Crippen LogP contribution in [0.4, 0.5) is 5.95 Å². The molecule has 0 amide bonds. The summed E-state index contributed by atoms with van der Waals surface area (Å²) in [5.74, 6) is 0.679. The Hall–Kier alpha value is -1.16. The van der Waals surface area contributed by atoms with Gasteiger partial charge in [-0.2, -0.15) is 0 Å². The van der Waals surface area contributed by atoms with Gasteiger partial charge in [-0.3, -0.25) is 0 Å². The van der Waals surface area contributed by atoms with Gasteiger partial charge in [-0.05, 0) is 13.0 Å². The van der Waals surface area contributed by atoms with Crippen molar-refractivity contribution in [3.8, 4) is 0 Å². The minimum Gasteiger partial charge on any atom is -0.393 e. The summed E-state index contributed by atoms with van der Waals surface area (Å²) in [5, 5.41) is 9.16. The molecule has 1 rings (SSSR count). The lowest BCUT2D eigenvalue weighted by atomic mass is 10.2. The van der Waals surface area contributed by atoms with Crippen LogP contribution < -0.4 is 4.90 Å². The van der Waals surface area contributed by atoms with Crippen molar-refractivity contribution in [3.63, 3.8) is 0 Å². The van der Waals surface area contributed by atoms with Crippen molar-refractivity contribution < 1.29 is 5.11 Å². The zero-order chi connectivity index (χ0) is 9.84. The van der Waals surface area contributed by atoms with E-state index in [0.29, 0.717) is 12.4 Å². The summed E-state index contributed by atoms with van der Waals surface area (Å²) in [6.07, 6.45) is 1.92. The quantitative estimate of drug-likeness (QED) is 0.736. The minimum atomic E-state index is -0.357. The molecule has 1 heterocycles. The number of hydrogen-bond acceptors (Lipinski definition) is 4. The maximum Gasteiger partial charge on any atom is 0.224 e. The van der Waals surface area contributed by atoms with Gasteiger partial charge in [0.2, 0.25) is 5.95 Å². The number of rotatable bonds is 3. The second-order valence-electron chi connectivity index (χ2n) is 3.30. The van der Waals surface area contributed by atoms with Crippen LogP contribution in [-0.2, 0) is 6.42 Å². The summed E-state index contributed by atoms with van der Waals surface area (Å²) in [6, 6.07) is 1.82. The van der Waals surface area contributed by atoms with E-state index in [1.165, 1.54) is 0 Å². The first-order valence-corrected chi connectivity index (χ1v) is 4.27. The Bertz CT molecular complexity index is 273. The summed E-state index contributed by atoms with van der Waals surface area (Å²) in [4.78, 5) is 10.2. The van der Waals surface area contributed by atoms with Crippen molar-refractivity contribution in [1.29, 1.82) is 0 Å². The molecule has 1 unspecified atom stereocenters. The molecule has 0 saturated carbocycles. The number of nitrogens with zero attached hydrogens (tertiary/aromatic N) is 3. The van der Waals surface area contributed by atoms with E-state index in [0.717, 1.165) is 5.69 Å². The predicted molar refractivity (Wildman–Crippen MR) is 51.7 cm³/mol. The molecule has 0 bridgehead atoms. The Morgan fingerprint density at radius 1 is 1.54 bits per heavy atom. The zero-order valence-corrected chi connectivity index (χ0v) is 8.23. The molecule has 0 aromatic carbocycles. The van der Waals surface area contributed by atoms with Gasteiger partial charge >= 0.3 is 0 Å². The third kappa shape index (κ3) is 2.99. The molecule has 0 fully saturated rings. The van der Waals surface area contributed by atoms with E-state index in [1.54, 1.807) is 13.1 Å². The van der Waals surface area contributed by atoms with E-state index >= 15 is 0 Å². The molecule has 72 valence electrons. The number of hydrogen-bond donors (Lipinski definition) is 1. The van der Waals surface area contributed by atoms with Gasteiger partial charge in [-0.25, -0.2) is 9.97 Å². The van der Waals surface area contributed by atoms with Gasteiger partial charge in [0.25, 0.3) is 0 Å². The first-order valence-electron chi connectivity index (χ1n) is 4.27. The average molecular weight is 181 g/mol. The highest BCUT2D eigenvalue weighted by molar-refractivity contribution is 5.27. The minimum absolute atomic E-state index is 0.357. The standard InChI is InChI=1S/C9H15N3O/c1-7(13)6-8-4-5-10-9(11-8)12(2)3/h4-5,7,13H,6H2,1-3H3. The molecular weight excluding hydrogens is 166 g/mol. The predicted octanol–water partition coefficient (Wildman–Crippen LogP) is 0.466. The number of anilines is 1. The Labute approximate surface area is 78.2 Å². The van der Waals surface area contributed by atoms with Gasteiger partial charge in [0.1, 0.15) is 0 Å². The Morgan fingerprint density at radius 3 is 2.77 bits per heavy atom. The Kier molecular flexibility index (Phi) is 3.19. The van der Waals surface area contributed by atoms with Crippen molar-refractivity contribution in [2.75, 3.05) is 19.0 Å². The van der Waals surface area contributed by atoms with Crippen molar-refractivity contribution in [1.82, 2.24) is 9.97 Å². The van der Waals surface area contributed by atoms with Crippen LogP contribution in [0, 0.1) is 0 Å².